The van der Waals surface area contributed by atoms with Gasteiger partial charge >= 0.3 is 5.97 Å². The van der Waals surface area contributed by atoms with E-state index in [0.717, 1.165) is 63.8 Å². The van der Waals surface area contributed by atoms with Gasteiger partial charge in [0.1, 0.15) is 11.6 Å². The first-order valence-electron chi connectivity index (χ1n) is 16.3. The van der Waals surface area contributed by atoms with Crippen LogP contribution in [-0.2, 0) is 24.4 Å². The molecule has 3 aromatic heterocycles. The van der Waals surface area contributed by atoms with Crippen LogP contribution in [0.4, 0.5) is 14.6 Å². The number of amides is 1. The van der Waals surface area contributed by atoms with E-state index in [4.69, 9.17) is 10.7 Å². The average Bonchev–Trinajstić information content (AvgIpc) is 3.52. The third-order valence-electron chi connectivity index (χ3n) is 10.3. The van der Waals surface area contributed by atoms with Gasteiger partial charge < -0.3 is 25.3 Å². The summed E-state index contributed by atoms with van der Waals surface area (Å²) in [6.45, 7) is 1.56. The van der Waals surface area contributed by atoms with Crippen molar-refractivity contribution >= 4 is 45.7 Å². The number of hydrogen-bond acceptors (Lipinski definition) is 5. The highest BCUT2D eigenvalue weighted by Gasteiger charge is 2.44. The molecule has 0 radical (unpaired) electrons. The second-order valence-electron chi connectivity index (χ2n) is 13.4. The Hall–Kier alpha value is -5.06. The van der Waals surface area contributed by atoms with Crippen LogP contribution >= 0.6 is 0 Å². The fourth-order valence-electron chi connectivity index (χ4n) is 7.50. The number of carboxylic acid groups (broad SMARTS) is 1. The summed E-state index contributed by atoms with van der Waals surface area (Å²) in [6.07, 6.45) is 4.42. The first-order chi connectivity index (χ1) is 22.9. The minimum Gasteiger partial charge on any atom is -0.478 e. The predicted molar refractivity (Wildman–Crippen MR) is 182 cm³/mol. The van der Waals surface area contributed by atoms with Crippen LogP contribution in [0.2, 0.25) is 0 Å². The minimum absolute atomic E-state index is 0.0777. The van der Waals surface area contributed by atoms with Crippen molar-refractivity contribution in [1.29, 1.82) is 0 Å². The van der Waals surface area contributed by atoms with Gasteiger partial charge in [-0.3, -0.25) is 4.79 Å². The molecule has 0 atom stereocenters. The number of aliphatic carboxylic acids is 1. The number of rotatable bonds is 7. The van der Waals surface area contributed by atoms with Crippen LogP contribution in [0, 0.1) is 0 Å². The molecule has 48 heavy (non-hydrogen) atoms. The van der Waals surface area contributed by atoms with Crippen molar-refractivity contribution in [3.63, 3.8) is 0 Å². The van der Waals surface area contributed by atoms with Gasteiger partial charge in [0, 0.05) is 49.0 Å². The van der Waals surface area contributed by atoms with Crippen molar-refractivity contribution in [1.82, 2.24) is 24.4 Å². The fourth-order valence-corrected chi connectivity index (χ4v) is 7.50. The summed E-state index contributed by atoms with van der Waals surface area (Å²) in [4.78, 5) is 34.9. The van der Waals surface area contributed by atoms with Gasteiger partial charge in [0.2, 0.25) is 5.92 Å². The largest absolute Gasteiger partial charge is 0.478 e. The van der Waals surface area contributed by atoms with Gasteiger partial charge in [-0.05, 0) is 98.5 Å². The lowest BCUT2D eigenvalue weighted by molar-refractivity contribution is -0.132. The number of benzene rings is 2. The lowest BCUT2D eigenvalue weighted by Crippen LogP contribution is -2.52. The number of halogens is 2. The SMILES string of the molecule is CC(=Cc1ccc2nc(C3(NC(=O)c4ccc5c(C6CCC(F)(F)CC6)c(-c6cccc(N)n6)n(C)c5c4)CCC3)n(C)c2c1)C(=O)O. The molecule has 7 rings (SSSR count). The summed E-state index contributed by atoms with van der Waals surface area (Å²) >= 11 is 0. The number of carboxylic acids is 1. The van der Waals surface area contributed by atoms with Crippen molar-refractivity contribution in [3.05, 3.63) is 82.7 Å². The normalized spacial score (nSPS) is 17.8. The first kappa shape index (κ1) is 31.5. The number of anilines is 1. The van der Waals surface area contributed by atoms with E-state index < -0.39 is 17.4 Å². The maximum absolute atomic E-state index is 14.2. The van der Waals surface area contributed by atoms with Crippen LogP contribution in [-0.4, -0.2) is 42.0 Å². The Labute approximate surface area is 276 Å². The molecule has 0 saturated heterocycles. The fraction of sp³-hybridized carbons (Fsp3) is 0.351. The van der Waals surface area contributed by atoms with E-state index in [1.54, 1.807) is 25.1 Å². The molecule has 0 aliphatic heterocycles. The second-order valence-corrected chi connectivity index (χ2v) is 13.4. The van der Waals surface area contributed by atoms with E-state index in [0.29, 0.717) is 29.9 Å². The Kier molecular flexibility index (Phi) is 7.60. The summed E-state index contributed by atoms with van der Waals surface area (Å²) in [5.41, 5.74) is 11.8. The average molecular weight is 653 g/mol. The zero-order valence-corrected chi connectivity index (χ0v) is 27.2. The molecular formula is C37H38F2N6O3. The Morgan fingerprint density at radius 3 is 2.40 bits per heavy atom. The Morgan fingerprint density at radius 1 is 0.979 bits per heavy atom. The van der Waals surface area contributed by atoms with E-state index >= 15 is 0 Å². The number of fused-ring (bicyclic) bond motifs is 2. The summed E-state index contributed by atoms with van der Waals surface area (Å²) in [6, 6.07) is 16.6. The molecule has 2 aliphatic rings. The van der Waals surface area contributed by atoms with Crippen LogP contribution in [0.25, 0.3) is 39.4 Å². The molecule has 11 heteroatoms. The summed E-state index contributed by atoms with van der Waals surface area (Å²) < 4.78 is 32.4. The summed E-state index contributed by atoms with van der Waals surface area (Å²) in [7, 11) is 3.83. The highest BCUT2D eigenvalue weighted by Crippen LogP contribution is 2.47. The lowest BCUT2D eigenvalue weighted by atomic mass is 9.75. The van der Waals surface area contributed by atoms with Crippen LogP contribution in [0.15, 0.2) is 60.2 Å². The molecular weight excluding hydrogens is 614 g/mol. The third-order valence-corrected chi connectivity index (χ3v) is 10.3. The van der Waals surface area contributed by atoms with E-state index in [-0.39, 0.29) is 30.2 Å². The molecule has 2 saturated carbocycles. The predicted octanol–water partition coefficient (Wildman–Crippen LogP) is 7.30. The van der Waals surface area contributed by atoms with Crippen molar-refractivity contribution in [3.8, 4) is 11.4 Å². The Balaban J connectivity index is 1.25. The molecule has 0 spiro atoms. The molecule has 248 valence electrons. The number of nitrogens with two attached hydrogens (primary N) is 1. The molecule has 1 amide bonds. The smallest absolute Gasteiger partial charge is 0.331 e. The molecule has 9 nitrogen and oxygen atoms in total. The van der Waals surface area contributed by atoms with E-state index in [1.807, 2.05) is 65.7 Å². The highest BCUT2D eigenvalue weighted by molar-refractivity contribution is 6.01. The number of carbonyl (C=O) groups is 2. The van der Waals surface area contributed by atoms with Crippen molar-refractivity contribution in [2.45, 2.75) is 69.2 Å². The number of pyridine rings is 1. The zero-order chi connectivity index (χ0) is 34.0. The molecule has 3 heterocycles. The summed E-state index contributed by atoms with van der Waals surface area (Å²) in [5.74, 6) is -2.82. The quantitative estimate of drug-likeness (QED) is 0.158. The highest BCUT2D eigenvalue weighted by atomic mass is 19.3. The van der Waals surface area contributed by atoms with Crippen molar-refractivity contribution < 1.29 is 23.5 Å². The maximum atomic E-state index is 14.2. The molecule has 0 bridgehead atoms. The third kappa shape index (κ3) is 5.40. The van der Waals surface area contributed by atoms with Crippen LogP contribution in [0.3, 0.4) is 0 Å². The van der Waals surface area contributed by atoms with Crippen molar-refractivity contribution in [2.75, 3.05) is 5.73 Å². The number of nitrogens with zero attached hydrogens (tertiary/aromatic N) is 4. The Morgan fingerprint density at radius 2 is 1.73 bits per heavy atom. The van der Waals surface area contributed by atoms with Gasteiger partial charge in [-0.1, -0.05) is 18.2 Å². The van der Waals surface area contributed by atoms with Gasteiger partial charge in [0.25, 0.3) is 5.91 Å². The van der Waals surface area contributed by atoms with Gasteiger partial charge in [0.15, 0.2) is 0 Å². The number of aryl methyl sites for hydroxylation is 2. The summed E-state index contributed by atoms with van der Waals surface area (Å²) in [5, 5.41) is 13.5. The van der Waals surface area contributed by atoms with Crippen molar-refractivity contribution in [2.24, 2.45) is 14.1 Å². The molecule has 2 aliphatic carbocycles. The van der Waals surface area contributed by atoms with Crippen LogP contribution in [0.5, 0.6) is 0 Å². The van der Waals surface area contributed by atoms with E-state index in [9.17, 15) is 23.5 Å². The number of alkyl halides is 2. The Bertz CT molecular complexity index is 2130. The monoisotopic (exact) mass is 652 g/mol. The van der Waals surface area contributed by atoms with Gasteiger partial charge in [0.05, 0.1) is 28.0 Å². The van der Waals surface area contributed by atoms with Gasteiger partial charge in [-0.15, -0.1) is 0 Å². The number of aromatic nitrogens is 4. The minimum atomic E-state index is -2.66. The number of carbonyl (C=O) groups excluding carboxylic acids is 1. The molecule has 0 unspecified atom stereocenters. The number of nitrogens with one attached hydrogen (secondary N) is 1. The standard InChI is InChI=1S/C37H38F2N6O3/c1-21(34(47)48)18-22-8-11-26-29(19-22)45(3)35(42-26)36(14-5-15-36)43-33(46)24-9-10-25-28(20-24)44(2)32(27-6-4-7-30(40)41-27)31(25)23-12-16-37(38,39)17-13-23/h4,6-11,18-20,23H,5,12-17H2,1-3H3,(H2,40,41)(H,43,46)(H,47,48). The van der Waals surface area contributed by atoms with Gasteiger partial charge in [-0.2, -0.15) is 0 Å². The first-order valence-corrected chi connectivity index (χ1v) is 16.3. The van der Waals surface area contributed by atoms with Crippen LogP contribution in [0.1, 0.15) is 85.1 Å². The number of nitrogen functional groups attached to an aromatic ring is 1. The topological polar surface area (TPSA) is 128 Å². The molecule has 5 aromatic rings. The maximum Gasteiger partial charge on any atom is 0.331 e. The van der Waals surface area contributed by atoms with Crippen LogP contribution < -0.4 is 11.1 Å². The molecule has 2 fully saturated rings. The molecule has 4 N–H and O–H groups in total. The second kappa shape index (κ2) is 11.6. The lowest BCUT2D eigenvalue weighted by Gasteiger charge is -2.41. The van der Waals surface area contributed by atoms with E-state index in [1.165, 1.54) is 0 Å². The molecule has 2 aromatic carbocycles. The van der Waals surface area contributed by atoms with E-state index in [2.05, 4.69) is 10.3 Å². The van der Waals surface area contributed by atoms with Gasteiger partial charge in [-0.25, -0.2) is 23.5 Å². The number of hydrogen-bond donors (Lipinski definition) is 3. The number of imidazole rings is 1. The zero-order valence-electron chi connectivity index (χ0n) is 27.2.